The van der Waals surface area contributed by atoms with Crippen molar-refractivity contribution in [2.24, 2.45) is 11.8 Å². The van der Waals surface area contributed by atoms with E-state index in [0.717, 1.165) is 25.0 Å². The molecule has 2 rings (SSSR count). The van der Waals surface area contributed by atoms with E-state index in [0.29, 0.717) is 0 Å². The molecule has 1 heteroatoms. The highest BCUT2D eigenvalue weighted by atomic mass is 16.5. The fourth-order valence-electron chi connectivity index (χ4n) is 2.74. The summed E-state index contributed by atoms with van der Waals surface area (Å²) in [5, 5.41) is 0. The van der Waals surface area contributed by atoms with Crippen LogP contribution >= 0.6 is 0 Å². The molecule has 0 aromatic rings. The van der Waals surface area contributed by atoms with Crippen LogP contribution in [0, 0.1) is 11.8 Å². The van der Waals surface area contributed by atoms with Crippen LogP contribution in [0.3, 0.4) is 0 Å². The van der Waals surface area contributed by atoms with Crippen LogP contribution in [-0.4, -0.2) is 13.2 Å². The van der Waals surface area contributed by atoms with Crippen LogP contribution in [0.5, 0.6) is 0 Å². The quantitative estimate of drug-likeness (QED) is 0.651. The van der Waals surface area contributed by atoms with Gasteiger partial charge in [-0.25, -0.2) is 0 Å². The normalized spacial score (nSPS) is 29.8. The van der Waals surface area contributed by atoms with Gasteiger partial charge in [0.05, 0.1) is 0 Å². The molecule has 2 aliphatic rings. The van der Waals surface area contributed by atoms with E-state index in [4.69, 9.17) is 4.74 Å². The van der Waals surface area contributed by atoms with Crippen LogP contribution in [0.25, 0.3) is 0 Å². The van der Waals surface area contributed by atoms with Crippen molar-refractivity contribution in [3.8, 4) is 0 Å². The van der Waals surface area contributed by atoms with Crippen LogP contribution in [-0.2, 0) is 4.74 Å². The minimum Gasteiger partial charge on any atom is -0.381 e. The zero-order valence-corrected chi connectivity index (χ0v) is 11.4. The second-order valence-corrected chi connectivity index (χ2v) is 5.92. The van der Waals surface area contributed by atoms with Crippen LogP contribution in [0.2, 0.25) is 0 Å². The predicted octanol–water partition coefficient (Wildman–Crippen LogP) is 4.50. The lowest BCUT2D eigenvalue weighted by Crippen LogP contribution is -2.17. The lowest BCUT2D eigenvalue weighted by molar-refractivity contribution is 0.0654. The molecular formula is C16H26O. The minimum atomic E-state index is 0.777. The van der Waals surface area contributed by atoms with E-state index in [1.54, 1.807) is 11.1 Å². The largest absolute Gasteiger partial charge is 0.381 e. The summed E-state index contributed by atoms with van der Waals surface area (Å²) in [6, 6.07) is 0. The van der Waals surface area contributed by atoms with E-state index in [1.165, 1.54) is 38.5 Å². The van der Waals surface area contributed by atoms with Gasteiger partial charge in [-0.2, -0.15) is 0 Å². The molecule has 0 aromatic heterocycles. The molecule has 17 heavy (non-hydrogen) atoms. The molecule has 2 unspecified atom stereocenters. The average molecular weight is 234 g/mol. The molecule has 0 bridgehead atoms. The molecular weight excluding hydrogens is 208 g/mol. The van der Waals surface area contributed by atoms with E-state index in [1.807, 2.05) is 0 Å². The molecule has 2 aliphatic carbocycles. The smallest absolute Gasteiger partial charge is 0.0497 e. The maximum atomic E-state index is 5.92. The number of hydrogen-bond donors (Lipinski definition) is 0. The monoisotopic (exact) mass is 234 g/mol. The Morgan fingerprint density at radius 1 is 0.941 bits per heavy atom. The Morgan fingerprint density at radius 2 is 1.41 bits per heavy atom. The highest BCUT2D eigenvalue weighted by molar-refractivity contribution is 5.03. The third-order valence-corrected chi connectivity index (χ3v) is 4.20. The second-order valence-electron chi connectivity index (χ2n) is 5.92. The van der Waals surface area contributed by atoms with Gasteiger partial charge >= 0.3 is 0 Å². The van der Waals surface area contributed by atoms with Crippen LogP contribution in [0.4, 0.5) is 0 Å². The second kappa shape index (κ2) is 6.39. The zero-order chi connectivity index (χ0) is 12.1. The fourth-order valence-corrected chi connectivity index (χ4v) is 2.74. The highest BCUT2D eigenvalue weighted by Crippen LogP contribution is 2.25. The number of ether oxygens (including phenoxy) is 1. The lowest BCUT2D eigenvalue weighted by Gasteiger charge is -2.23. The number of rotatable bonds is 4. The summed E-state index contributed by atoms with van der Waals surface area (Å²) in [6.07, 6.45) is 12.5. The third kappa shape index (κ3) is 4.31. The molecule has 0 fully saturated rings. The summed E-state index contributed by atoms with van der Waals surface area (Å²) in [5.41, 5.74) is 3.13. The average Bonchev–Trinajstić information content (AvgIpc) is 2.34. The molecule has 0 N–H and O–H groups in total. The van der Waals surface area contributed by atoms with Gasteiger partial charge in [0, 0.05) is 13.2 Å². The molecule has 96 valence electrons. The summed E-state index contributed by atoms with van der Waals surface area (Å²) in [7, 11) is 0. The van der Waals surface area contributed by atoms with Crippen molar-refractivity contribution < 1.29 is 4.74 Å². The van der Waals surface area contributed by atoms with Crippen LogP contribution in [0.1, 0.15) is 52.4 Å². The maximum absolute atomic E-state index is 5.92. The summed E-state index contributed by atoms with van der Waals surface area (Å²) in [4.78, 5) is 0. The van der Waals surface area contributed by atoms with Crippen molar-refractivity contribution in [2.75, 3.05) is 13.2 Å². The Balaban J connectivity index is 1.60. The molecule has 0 heterocycles. The van der Waals surface area contributed by atoms with E-state index < -0.39 is 0 Å². The Bertz CT molecular complexity index is 271. The summed E-state index contributed by atoms with van der Waals surface area (Å²) >= 11 is 0. The van der Waals surface area contributed by atoms with Crippen molar-refractivity contribution >= 4 is 0 Å². The zero-order valence-electron chi connectivity index (χ0n) is 11.4. The standard InChI is InChI=1S/C16H26O/c1-13-3-7-15(8-4-13)11-17-12-16-9-5-14(2)6-10-16/h3,5,15-16H,4,6-12H2,1-2H3. The predicted molar refractivity (Wildman–Crippen MR) is 73.0 cm³/mol. The molecule has 0 spiro atoms. The first kappa shape index (κ1) is 12.9. The fraction of sp³-hybridized carbons (Fsp3) is 0.750. The van der Waals surface area contributed by atoms with Crippen LogP contribution < -0.4 is 0 Å². The SMILES string of the molecule is CC1=CCC(COCC2CC=C(C)CC2)CC1. The van der Waals surface area contributed by atoms with Crippen molar-refractivity contribution in [1.82, 2.24) is 0 Å². The van der Waals surface area contributed by atoms with E-state index in [-0.39, 0.29) is 0 Å². The van der Waals surface area contributed by atoms with Gasteiger partial charge in [-0.15, -0.1) is 0 Å². The minimum absolute atomic E-state index is 0.777. The van der Waals surface area contributed by atoms with Gasteiger partial charge < -0.3 is 4.74 Å². The Labute approximate surface area is 106 Å². The lowest BCUT2D eigenvalue weighted by atomic mass is 9.90. The summed E-state index contributed by atoms with van der Waals surface area (Å²) in [5.74, 6) is 1.55. The Kier molecular flexibility index (Phi) is 4.85. The van der Waals surface area contributed by atoms with Crippen molar-refractivity contribution in [1.29, 1.82) is 0 Å². The summed E-state index contributed by atoms with van der Waals surface area (Å²) in [6.45, 7) is 6.44. The number of hydrogen-bond acceptors (Lipinski definition) is 1. The maximum Gasteiger partial charge on any atom is 0.0497 e. The molecule has 0 aromatic carbocycles. The first-order chi connectivity index (χ1) is 8.24. The van der Waals surface area contributed by atoms with Gasteiger partial charge in [-0.3, -0.25) is 0 Å². The first-order valence-electron chi connectivity index (χ1n) is 7.13. The van der Waals surface area contributed by atoms with Gasteiger partial charge in [-0.1, -0.05) is 23.3 Å². The molecule has 0 amide bonds. The van der Waals surface area contributed by atoms with Gasteiger partial charge in [-0.05, 0) is 64.2 Å². The van der Waals surface area contributed by atoms with Crippen LogP contribution in [0.15, 0.2) is 23.3 Å². The van der Waals surface area contributed by atoms with Gasteiger partial charge in [0.15, 0.2) is 0 Å². The van der Waals surface area contributed by atoms with E-state index >= 15 is 0 Å². The highest BCUT2D eigenvalue weighted by Gasteiger charge is 2.15. The third-order valence-electron chi connectivity index (χ3n) is 4.20. The summed E-state index contributed by atoms with van der Waals surface area (Å²) < 4.78 is 5.92. The van der Waals surface area contributed by atoms with Gasteiger partial charge in [0.1, 0.15) is 0 Å². The van der Waals surface area contributed by atoms with Crippen molar-refractivity contribution in [3.63, 3.8) is 0 Å². The molecule has 0 saturated heterocycles. The molecule has 0 aliphatic heterocycles. The molecule has 1 nitrogen and oxygen atoms in total. The first-order valence-corrected chi connectivity index (χ1v) is 7.13. The van der Waals surface area contributed by atoms with Gasteiger partial charge in [0.2, 0.25) is 0 Å². The van der Waals surface area contributed by atoms with Crippen molar-refractivity contribution in [3.05, 3.63) is 23.3 Å². The topological polar surface area (TPSA) is 9.23 Å². The van der Waals surface area contributed by atoms with Gasteiger partial charge in [0.25, 0.3) is 0 Å². The van der Waals surface area contributed by atoms with Crippen molar-refractivity contribution in [2.45, 2.75) is 52.4 Å². The number of allylic oxidation sites excluding steroid dienone is 4. The molecule has 0 saturated carbocycles. The Morgan fingerprint density at radius 3 is 1.76 bits per heavy atom. The van der Waals surface area contributed by atoms with E-state index in [9.17, 15) is 0 Å². The van der Waals surface area contributed by atoms with E-state index in [2.05, 4.69) is 26.0 Å². The molecule has 0 radical (unpaired) electrons. The Hall–Kier alpha value is -0.560. The molecule has 2 atom stereocenters.